The lowest BCUT2D eigenvalue weighted by molar-refractivity contribution is 0.165. The summed E-state index contributed by atoms with van der Waals surface area (Å²) in [5.74, 6) is 0. The second-order valence-corrected chi connectivity index (χ2v) is 2.01. The molecule has 4 nitrogen and oxygen atoms in total. The maximum absolute atomic E-state index is 10.2. The first kappa shape index (κ1) is 8.97. The second kappa shape index (κ2) is 3.90. The Balaban J connectivity index is 3.83. The summed E-state index contributed by atoms with van der Waals surface area (Å²) in [6, 6.07) is -1.12. The quantitative estimate of drug-likeness (QED) is 0.471. The fourth-order valence-corrected chi connectivity index (χ4v) is 0.541. The van der Waals surface area contributed by atoms with Crippen LogP contribution in [0.1, 0.15) is 6.92 Å². The number of aliphatic hydroxyl groups excluding tert-OH is 1. The highest BCUT2D eigenvalue weighted by Crippen LogP contribution is 1.91. The van der Waals surface area contributed by atoms with Gasteiger partial charge in [0.15, 0.2) is 0 Å². The van der Waals surface area contributed by atoms with Gasteiger partial charge in [-0.05, 0) is 6.92 Å². The minimum Gasteiger partial charge on any atom is -0.391 e. The van der Waals surface area contributed by atoms with Gasteiger partial charge in [0.25, 0.3) is 0 Å². The third-order valence-electron chi connectivity index (χ3n) is 1.08. The first-order valence-electron chi connectivity index (χ1n) is 2.94. The summed E-state index contributed by atoms with van der Waals surface area (Å²) in [4.78, 5) is 10.2. The lowest BCUT2D eigenvalue weighted by Crippen LogP contribution is -2.43. The zero-order valence-electron chi connectivity index (χ0n) is 5.87. The number of primary amides is 1. The molecule has 0 fully saturated rings. The van der Waals surface area contributed by atoms with E-state index in [1.54, 1.807) is 6.92 Å². The van der Waals surface area contributed by atoms with Crippen molar-refractivity contribution in [1.82, 2.24) is 5.32 Å². The molecule has 2 unspecified atom stereocenters. The third-order valence-corrected chi connectivity index (χ3v) is 1.08. The summed E-state index contributed by atoms with van der Waals surface area (Å²) < 4.78 is 0. The number of hydrogen-bond acceptors (Lipinski definition) is 2. The zero-order chi connectivity index (χ0) is 8.15. The van der Waals surface area contributed by atoms with E-state index in [2.05, 4.69) is 11.9 Å². The van der Waals surface area contributed by atoms with Crippen molar-refractivity contribution in [2.75, 3.05) is 0 Å². The van der Waals surface area contributed by atoms with Gasteiger partial charge in [-0.25, -0.2) is 4.79 Å². The van der Waals surface area contributed by atoms with Crippen molar-refractivity contribution in [3.8, 4) is 0 Å². The predicted molar refractivity (Wildman–Crippen MR) is 38.4 cm³/mol. The molecule has 10 heavy (non-hydrogen) atoms. The molecule has 0 aromatic carbocycles. The fraction of sp³-hybridized carbons (Fsp3) is 0.500. The van der Waals surface area contributed by atoms with Crippen molar-refractivity contribution >= 4 is 6.03 Å². The number of nitrogens with one attached hydrogen (secondary N) is 1. The molecule has 0 bridgehead atoms. The van der Waals surface area contributed by atoms with Crippen molar-refractivity contribution in [3.05, 3.63) is 12.7 Å². The summed E-state index contributed by atoms with van der Waals surface area (Å²) in [5.41, 5.74) is 4.80. The highest BCUT2D eigenvalue weighted by atomic mass is 16.3. The third kappa shape index (κ3) is 3.09. The lowest BCUT2D eigenvalue weighted by Gasteiger charge is -2.15. The summed E-state index contributed by atoms with van der Waals surface area (Å²) in [6.45, 7) is 4.95. The van der Waals surface area contributed by atoms with Gasteiger partial charge in [0.05, 0.1) is 12.1 Å². The van der Waals surface area contributed by atoms with Crippen LogP contribution in [0.3, 0.4) is 0 Å². The maximum Gasteiger partial charge on any atom is 0.312 e. The molecule has 0 heterocycles. The zero-order valence-corrected chi connectivity index (χ0v) is 5.87. The van der Waals surface area contributed by atoms with Crippen LogP contribution in [0.25, 0.3) is 0 Å². The highest BCUT2D eigenvalue weighted by molar-refractivity contribution is 5.72. The number of nitrogens with two attached hydrogens (primary N) is 1. The van der Waals surface area contributed by atoms with Gasteiger partial charge >= 0.3 is 6.03 Å². The standard InChI is InChI=1S/C6H12N2O2/c1-3-5(4(2)9)8-6(7)10/h3-5,9H,1H2,2H3,(H3,7,8,10). The largest absolute Gasteiger partial charge is 0.391 e. The molecule has 0 saturated heterocycles. The van der Waals surface area contributed by atoms with E-state index >= 15 is 0 Å². The Morgan fingerprint density at radius 3 is 2.50 bits per heavy atom. The van der Waals surface area contributed by atoms with Crippen LogP contribution in [0.5, 0.6) is 0 Å². The highest BCUT2D eigenvalue weighted by Gasteiger charge is 2.10. The van der Waals surface area contributed by atoms with Gasteiger partial charge in [-0.1, -0.05) is 6.08 Å². The maximum atomic E-state index is 10.2. The van der Waals surface area contributed by atoms with Gasteiger partial charge in [0, 0.05) is 0 Å². The van der Waals surface area contributed by atoms with Crippen LogP contribution >= 0.6 is 0 Å². The Labute approximate surface area is 59.7 Å². The average molecular weight is 144 g/mol. The summed E-state index contributed by atoms with van der Waals surface area (Å²) in [6.07, 6.45) is 0.764. The van der Waals surface area contributed by atoms with Crippen molar-refractivity contribution in [2.24, 2.45) is 5.73 Å². The summed E-state index contributed by atoms with van der Waals surface area (Å²) >= 11 is 0. The lowest BCUT2D eigenvalue weighted by atomic mass is 10.2. The Hall–Kier alpha value is -1.03. The van der Waals surface area contributed by atoms with Crippen LogP contribution in [0.2, 0.25) is 0 Å². The Bertz CT molecular complexity index is 134. The molecule has 0 aromatic rings. The molecule has 4 heteroatoms. The van der Waals surface area contributed by atoms with Gasteiger partial charge in [-0.3, -0.25) is 0 Å². The number of amides is 2. The normalized spacial score (nSPS) is 15.4. The summed E-state index contributed by atoms with van der Waals surface area (Å²) in [5, 5.41) is 11.2. The minimum atomic E-state index is -0.662. The predicted octanol–water partition coefficient (Wildman–Crippen LogP) is -0.410. The molecule has 58 valence electrons. The van der Waals surface area contributed by atoms with Crippen LogP contribution in [0.15, 0.2) is 12.7 Å². The van der Waals surface area contributed by atoms with Gasteiger partial charge in [0.2, 0.25) is 0 Å². The molecule has 0 saturated carbocycles. The van der Waals surface area contributed by atoms with E-state index in [0.29, 0.717) is 0 Å². The van der Waals surface area contributed by atoms with E-state index < -0.39 is 18.2 Å². The van der Waals surface area contributed by atoms with Crippen LogP contribution in [0.4, 0.5) is 4.79 Å². The van der Waals surface area contributed by atoms with Crippen LogP contribution in [-0.4, -0.2) is 23.3 Å². The van der Waals surface area contributed by atoms with Gasteiger partial charge in [-0.15, -0.1) is 6.58 Å². The van der Waals surface area contributed by atoms with Crippen LogP contribution in [-0.2, 0) is 0 Å². The number of carbonyl (C=O) groups is 1. The number of rotatable bonds is 3. The molecule has 0 spiro atoms. The van der Waals surface area contributed by atoms with E-state index in [4.69, 9.17) is 10.8 Å². The molecule has 0 aromatic heterocycles. The van der Waals surface area contributed by atoms with E-state index in [1.165, 1.54) is 6.08 Å². The smallest absolute Gasteiger partial charge is 0.312 e. The molecule has 0 rings (SSSR count). The second-order valence-electron chi connectivity index (χ2n) is 2.01. The van der Waals surface area contributed by atoms with Gasteiger partial charge < -0.3 is 16.2 Å². The number of aliphatic hydroxyl groups is 1. The van der Waals surface area contributed by atoms with Crippen molar-refractivity contribution in [1.29, 1.82) is 0 Å². The van der Waals surface area contributed by atoms with E-state index in [9.17, 15) is 4.79 Å². The Morgan fingerprint density at radius 1 is 1.90 bits per heavy atom. The van der Waals surface area contributed by atoms with Gasteiger partial charge in [0.1, 0.15) is 0 Å². The Kier molecular flexibility index (Phi) is 3.49. The van der Waals surface area contributed by atoms with Crippen LogP contribution in [0, 0.1) is 0 Å². The van der Waals surface area contributed by atoms with E-state index in [0.717, 1.165) is 0 Å². The molecular weight excluding hydrogens is 132 g/mol. The van der Waals surface area contributed by atoms with Crippen molar-refractivity contribution < 1.29 is 9.90 Å². The molecule has 0 radical (unpaired) electrons. The van der Waals surface area contributed by atoms with E-state index in [1.807, 2.05) is 0 Å². The van der Waals surface area contributed by atoms with Crippen LogP contribution < -0.4 is 11.1 Å². The average Bonchev–Trinajstić information content (AvgIpc) is 1.81. The number of urea groups is 1. The molecule has 0 aliphatic rings. The summed E-state index contributed by atoms with van der Waals surface area (Å²) in [7, 11) is 0. The van der Waals surface area contributed by atoms with Crippen molar-refractivity contribution in [3.63, 3.8) is 0 Å². The van der Waals surface area contributed by atoms with Crippen molar-refractivity contribution in [2.45, 2.75) is 19.1 Å². The molecular formula is C6H12N2O2. The Morgan fingerprint density at radius 2 is 2.40 bits per heavy atom. The first-order chi connectivity index (χ1) is 4.57. The first-order valence-corrected chi connectivity index (χ1v) is 2.94. The topological polar surface area (TPSA) is 75.3 Å². The fourth-order valence-electron chi connectivity index (χ4n) is 0.541. The molecule has 0 aliphatic carbocycles. The minimum absolute atomic E-state index is 0.461. The molecule has 2 atom stereocenters. The molecule has 4 N–H and O–H groups in total. The SMILES string of the molecule is C=CC(NC(N)=O)C(C)O. The van der Waals surface area contributed by atoms with E-state index in [-0.39, 0.29) is 0 Å². The molecule has 2 amide bonds. The van der Waals surface area contributed by atoms with Gasteiger partial charge in [-0.2, -0.15) is 0 Å². The number of hydrogen-bond donors (Lipinski definition) is 3. The number of carbonyl (C=O) groups excluding carboxylic acids is 1. The molecule has 0 aliphatic heterocycles. The monoisotopic (exact) mass is 144 g/mol.